The van der Waals surface area contributed by atoms with Gasteiger partial charge in [-0.15, -0.1) is 10.2 Å². The van der Waals surface area contributed by atoms with Gasteiger partial charge in [0.05, 0.1) is 18.6 Å². The van der Waals surface area contributed by atoms with E-state index in [4.69, 9.17) is 4.42 Å². The van der Waals surface area contributed by atoms with E-state index in [2.05, 4.69) is 20.1 Å². The van der Waals surface area contributed by atoms with Crippen LogP contribution in [0.5, 0.6) is 0 Å². The number of nitrogens with zero attached hydrogens (tertiary/aromatic N) is 5. The lowest BCUT2D eigenvalue weighted by Gasteiger charge is -2.31. The summed E-state index contributed by atoms with van der Waals surface area (Å²) in [6.07, 6.45) is 5.18. The van der Waals surface area contributed by atoms with Crippen molar-refractivity contribution in [1.29, 1.82) is 0 Å². The highest BCUT2D eigenvalue weighted by Crippen LogP contribution is 2.20. The highest BCUT2D eigenvalue weighted by Gasteiger charge is 2.21. The van der Waals surface area contributed by atoms with Crippen LogP contribution in [-0.4, -0.2) is 37.7 Å². The first kappa shape index (κ1) is 15.9. The Morgan fingerprint density at radius 2 is 2.13 bits per heavy atom. The van der Waals surface area contributed by atoms with Crippen LogP contribution in [0.3, 0.4) is 0 Å². The van der Waals surface area contributed by atoms with E-state index in [0.29, 0.717) is 18.4 Å². The maximum Gasteiger partial charge on any atom is 0.253 e. The van der Waals surface area contributed by atoms with Gasteiger partial charge in [0, 0.05) is 12.6 Å². The molecule has 0 amide bonds. The fourth-order valence-corrected chi connectivity index (χ4v) is 2.95. The van der Waals surface area contributed by atoms with Crippen molar-refractivity contribution in [2.45, 2.75) is 45.7 Å². The molecule has 0 unspecified atom stereocenters. The van der Waals surface area contributed by atoms with Crippen molar-refractivity contribution in [2.24, 2.45) is 5.92 Å². The topological polar surface area (TPSA) is 77.0 Å². The van der Waals surface area contributed by atoms with E-state index < -0.39 is 0 Å². The SMILES string of the molecule is CC(C)c1cc(=O)n(CC2CCN(Cc3nnco3)CC2)cn1. The zero-order chi connectivity index (χ0) is 16.2. The van der Waals surface area contributed by atoms with Gasteiger partial charge in [0.2, 0.25) is 12.3 Å². The Morgan fingerprint density at radius 1 is 1.35 bits per heavy atom. The number of piperidine rings is 1. The lowest BCUT2D eigenvalue weighted by atomic mass is 9.96. The highest BCUT2D eigenvalue weighted by molar-refractivity contribution is 5.04. The minimum atomic E-state index is 0.0528. The second-order valence-corrected chi connectivity index (χ2v) is 6.51. The molecule has 0 N–H and O–H groups in total. The van der Waals surface area contributed by atoms with Gasteiger partial charge in [-0.1, -0.05) is 13.8 Å². The Morgan fingerprint density at radius 3 is 2.74 bits per heavy atom. The molecule has 7 heteroatoms. The molecule has 124 valence electrons. The molecule has 0 spiro atoms. The average Bonchev–Trinajstić information content (AvgIpc) is 3.04. The van der Waals surface area contributed by atoms with E-state index >= 15 is 0 Å². The van der Waals surface area contributed by atoms with Crippen LogP contribution in [0.1, 0.15) is 44.2 Å². The van der Waals surface area contributed by atoms with Crippen LogP contribution in [0.2, 0.25) is 0 Å². The van der Waals surface area contributed by atoms with Crippen LogP contribution < -0.4 is 5.56 Å². The van der Waals surface area contributed by atoms with Crippen molar-refractivity contribution < 1.29 is 4.42 Å². The van der Waals surface area contributed by atoms with Crippen molar-refractivity contribution in [3.63, 3.8) is 0 Å². The third-order valence-corrected chi connectivity index (χ3v) is 4.42. The van der Waals surface area contributed by atoms with Crippen LogP contribution in [0.4, 0.5) is 0 Å². The number of rotatable bonds is 5. The largest absolute Gasteiger partial charge is 0.427 e. The van der Waals surface area contributed by atoms with Gasteiger partial charge < -0.3 is 4.42 Å². The Balaban J connectivity index is 1.53. The molecule has 7 nitrogen and oxygen atoms in total. The third-order valence-electron chi connectivity index (χ3n) is 4.42. The van der Waals surface area contributed by atoms with Crippen LogP contribution >= 0.6 is 0 Å². The standard InChI is InChI=1S/C16H23N5O2/c1-12(2)14-7-16(22)21(10-17-14)8-13-3-5-20(6-4-13)9-15-19-18-11-23-15/h7,10-13H,3-6,8-9H2,1-2H3. The molecule has 23 heavy (non-hydrogen) atoms. The maximum absolute atomic E-state index is 12.2. The van der Waals surface area contributed by atoms with Crippen molar-refractivity contribution in [2.75, 3.05) is 13.1 Å². The van der Waals surface area contributed by atoms with Gasteiger partial charge in [-0.25, -0.2) is 4.98 Å². The molecule has 0 saturated carbocycles. The zero-order valence-corrected chi connectivity index (χ0v) is 13.7. The van der Waals surface area contributed by atoms with Crippen LogP contribution in [0, 0.1) is 5.92 Å². The second kappa shape index (κ2) is 7.04. The van der Waals surface area contributed by atoms with Crippen molar-refractivity contribution in [3.05, 3.63) is 40.7 Å². The fraction of sp³-hybridized carbons (Fsp3) is 0.625. The highest BCUT2D eigenvalue weighted by atomic mass is 16.4. The molecular formula is C16H23N5O2. The molecule has 2 aromatic heterocycles. The van der Waals surface area contributed by atoms with E-state index in [-0.39, 0.29) is 11.5 Å². The predicted molar refractivity (Wildman–Crippen MR) is 84.9 cm³/mol. The average molecular weight is 317 g/mol. The van der Waals surface area contributed by atoms with Crippen LogP contribution in [-0.2, 0) is 13.1 Å². The molecule has 0 aromatic carbocycles. The Hall–Kier alpha value is -2.02. The molecule has 1 saturated heterocycles. The lowest BCUT2D eigenvalue weighted by Crippen LogP contribution is -2.36. The first-order valence-corrected chi connectivity index (χ1v) is 8.15. The Kier molecular flexibility index (Phi) is 4.85. The van der Waals surface area contributed by atoms with Gasteiger partial charge in [0.25, 0.3) is 5.56 Å². The summed E-state index contributed by atoms with van der Waals surface area (Å²) in [4.78, 5) is 18.9. The third kappa shape index (κ3) is 4.04. The molecule has 0 atom stereocenters. The molecular weight excluding hydrogens is 294 g/mol. The normalized spacial score (nSPS) is 17.0. The number of hydrogen-bond acceptors (Lipinski definition) is 6. The van der Waals surface area contributed by atoms with E-state index in [0.717, 1.165) is 38.2 Å². The molecule has 3 rings (SSSR count). The lowest BCUT2D eigenvalue weighted by molar-refractivity contribution is 0.154. The zero-order valence-electron chi connectivity index (χ0n) is 13.7. The first-order valence-electron chi connectivity index (χ1n) is 8.15. The van der Waals surface area contributed by atoms with E-state index in [1.54, 1.807) is 17.0 Å². The van der Waals surface area contributed by atoms with E-state index in [1.807, 2.05) is 13.8 Å². The summed E-state index contributed by atoms with van der Waals surface area (Å²) in [5, 5.41) is 7.62. The summed E-state index contributed by atoms with van der Waals surface area (Å²) >= 11 is 0. The molecule has 1 fully saturated rings. The summed E-state index contributed by atoms with van der Waals surface area (Å²) < 4.78 is 6.93. The molecule has 2 aromatic rings. The van der Waals surface area contributed by atoms with Gasteiger partial charge in [-0.05, 0) is 37.8 Å². The van der Waals surface area contributed by atoms with Gasteiger partial charge >= 0.3 is 0 Å². The quantitative estimate of drug-likeness (QED) is 0.835. The van der Waals surface area contributed by atoms with Gasteiger partial charge in [0.1, 0.15) is 0 Å². The smallest absolute Gasteiger partial charge is 0.253 e. The molecule has 0 aliphatic carbocycles. The van der Waals surface area contributed by atoms with Crippen molar-refractivity contribution >= 4 is 0 Å². The first-order chi connectivity index (χ1) is 11.1. The summed E-state index contributed by atoms with van der Waals surface area (Å²) in [6, 6.07) is 1.66. The predicted octanol–water partition coefficient (Wildman–Crippen LogP) is 1.66. The second-order valence-electron chi connectivity index (χ2n) is 6.51. The summed E-state index contributed by atoms with van der Waals surface area (Å²) in [7, 11) is 0. The minimum Gasteiger partial charge on any atom is -0.427 e. The summed E-state index contributed by atoms with van der Waals surface area (Å²) in [6.45, 7) is 7.52. The molecule has 1 aliphatic rings. The van der Waals surface area contributed by atoms with Crippen molar-refractivity contribution in [1.82, 2.24) is 24.6 Å². The maximum atomic E-state index is 12.2. The molecule has 0 radical (unpaired) electrons. The summed E-state index contributed by atoms with van der Waals surface area (Å²) in [5.74, 6) is 1.46. The van der Waals surface area contributed by atoms with Crippen molar-refractivity contribution in [3.8, 4) is 0 Å². The van der Waals surface area contributed by atoms with Gasteiger partial charge in [-0.2, -0.15) is 0 Å². The monoisotopic (exact) mass is 317 g/mol. The molecule has 0 bridgehead atoms. The van der Waals surface area contributed by atoms with Gasteiger partial charge in [0.15, 0.2) is 0 Å². The molecule has 3 heterocycles. The van der Waals surface area contributed by atoms with E-state index in [1.165, 1.54) is 6.39 Å². The Bertz CT molecular complexity index is 672. The number of hydrogen-bond donors (Lipinski definition) is 0. The summed E-state index contributed by atoms with van der Waals surface area (Å²) in [5.41, 5.74) is 0.914. The van der Waals surface area contributed by atoms with Crippen LogP contribution in [0.25, 0.3) is 0 Å². The molecule has 1 aliphatic heterocycles. The fourth-order valence-electron chi connectivity index (χ4n) is 2.95. The number of aromatic nitrogens is 4. The van der Waals surface area contributed by atoms with E-state index in [9.17, 15) is 4.79 Å². The van der Waals surface area contributed by atoms with Gasteiger partial charge in [-0.3, -0.25) is 14.3 Å². The minimum absolute atomic E-state index is 0.0528. The Labute approximate surface area is 135 Å². The number of likely N-dealkylation sites (tertiary alicyclic amines) is 1. The van der Waals surface area contributed by atoms with Crippen LogP contribution in [0.15, 0.2) is 28.0 Å².